The van der Waals surface area contributed by atoms with Crippen molar-refractivity contribution in [1.82, 2.24) is 24.6 Å². The minimum atomic E-state index is -0.178. The van der Waals surface area contributed by atoms with E-state index in [0.717, 1.165) is 5.56 Å². The van der Waals surface area contributed by atoms with E-state index in [4.69, 9.17) is 0 Å². The molecule has 0 radical (unpaired) electrons. The van der Waals surface area contributed by atoms with Gasteiger partial charge in [-0.15, -0.1) is 5.10 Å². The van der Waals surface area contributed by atoms with Gasteiger partial charge >= 0.3 is 6.03 Å². The Morgan fingerprint density at radius 3 is 2.50 bits per heavy atom. The number of amides is 2. The maximum atomic E-state index is 12.6. The third-order valence-electron chi connectivity index (χ3n) is 4.31. The largest absolute Gasteiger partial charge is 0.324 e. The fourth-order valence-corrected chi connectivity index (χ4v) is 3.10. The van der Waals surface area contributed by atoms with Crippen molar-refractivity contribution in [2.24, 2.45) is 5.41 Å². The van der Waals surface area contributed by atoms with Gasteiger partial charge in [0.05, 0.1) is 11.6 Å². The van der Waals surface area contributed by atoms with Crippen LogP contribution in [0.3, 0.4) is 0 Å². The molecule has 1 fully saturated rings. The molecule has 24 heavy (non-hydrogen) atoms. The minimum absolute atomic E-state index is 0.0187. The molecule has 128 valence electrons. The zero-order chi connectivity index (χ0) is 17.5. The Hall–Kier alpha value is -2.44. The summed E-state index contributed by atoms with van der Waals surface area (Å²) in [7, 11) is 0. The smallest absolute Gasteiger partial charge is 0.316 e. The maximum absolute atomic E-state index is 12.6. The standard InChI is InChI=1S/C17H24N6O/c1-16(2,3)23-11-19-14(21-23)20-15(24)22-10-17(4,5)13(22)12-6-8-18-9-7-12/h6-9,11,13H,10H2,1-5H3,(H,20,21,24)/t13-/m0/s1. The molecular formula is C17H24N6O. The highest BCUT2D eigenvalue weighted by Crippen LogP contribution is 2.48. The van der Waals surface area contributed by atoms with E-state index in [1.807, 2.05) is 37.8 Å². The van der Waals surface area contributed by atoms with Crippen molar-refractivity contribution in [2.75, 3.05) is 11.9 Å². The number of urea groups is 1. The number of carbonyl (C=O) groups excluding carboxylic acids is 1. The van der Waals surface area contributed by atoms with Crippen molar-refractivity contribution in [2.45, 2.75) is 46.2 Å². The first kappa shape index (κ1) is 16.4. The van der Waals surface area contributed by atoms with Gasteiger partial charge in [0.25, 0.3) is 0 Å². The molecule has 2 aromatic rings. The zero-order valence-electron chi connectivity index (χ0n) is 14.8. The minimum Gasteiger partial charge on any atom is -0.316 e. The Balaban J connectivity index is 1.74. The molecular weight excluding hydrogens is 304 g/mol. The molecule has 0 spiro atoms. The Bertz CT molecular complexity index is 731. The van der Waals surface area contributed by atoms with Crippen molar-refractivity contribution < 1.29 is 4.79 Å². The summed E-state index contributed by atoms with van der Waals surface area (Å²) >= 11 is 0. The summed E-state index contributed by atoms with van der Waals surface area (Å²) in [5, 5.41) is 7.14. The highest BCUT2D eigenvalue weighted by molar-refractivity contribution is 5.88. The van der Waals surface area contributed by atoms with Gasteiger partial charge in [-0.2, -0.15) is 0 Å². The summed E-state index contributed by atoms with van der Waals surface area (Å²) in [5.74, 6) is 0.327. The molecule has 1 atom stereocenters. The molecule has 1 aliphatic heterocycles. The monoisotopic (exact) mass is 328 g/mol. The van der Waals surface area contributed by atoms with E-state index >= 15 is 0 Å². The SMILES string of the molecule is CC1(C)CN(C(=O)Nc2ncn(C(C)(C)C)n2)[C@H]1c1ccncc1. The fourth-order valence-electron chi connectivity index (χ4n) is 3.10. The van der Waals surface area contributed by atoms with Gasteiger partial charge in [0.15, 0.2) is 0 Å². The lowest BCUT2D eigenvalue weighted by Crippen LogP contribution is -2.59. The molecule has 2 aromatic heterocycles. The molecule has 1 saturated heterocycles. The number of nitrogens with one attached hydrogen (secondary N) is 1. The molecule has 7 heteroatoms. The number of nitrogens with zero attached hydrogens (tertiary/aromatic N) is 5. The van der Waals surface area contributed by atoms with Crippen molar-refractivity contribution in [3.8, 4) is 0 Å². The first-order valence-corrected chi connectivity index (χ1v) is 8.08. The van der Waals surface area contributed by atoms with E-state index < -0.39 is 0 Å². The van der Waals surface area contributed by atoms with Gasteiger partial charge in [-0.3, -0.25) is 10.3 Å². The number of hydrogen-bond donors (Lipinski definition) is 1. The van der Waals surface area contributed by atoms with Gasteiger partial charge in [0.2, 0.25) is 5.95 Å². The van der Waals surface area contributed by atoms with Crippen LogP contribution in [0.25, 0.3) is 0 Å². The predicted molar refractivity (Wildman–Crippen MR) is 91.5 cm³/mol. The quantitative estimate of drug-likeness (QED) is 0.919. The lowest BCUT2D eigenvalue weighted by Gasteiger charge is -2.54. The Labute approximate surface area is 142 Å². The average Bonchev–Trinajstić information content (AvgIpc) is 2.94. The summed E-state index contributed by atoms with van der Waals surface area (Å²) in [5.41, 5.74) is 0.940. The third-order valence-corrected chi connectivity index (χ3v) is 4.31. The topological polar surface area (TPSA) is 75.9 Å². The fraction of sp³-hybridized carbons (Fsp3) is 0.529. The van der Waals surface area contributed by atoms with Crippen molar-refractivity contribution in [3.63, 3.8) is 0 Å². The van der Waals surface area contributed by atoms with Crippen LogP contribution in [0.2, 0.25) is 0 Å². The Morgan fingerprint density at radius 1 is 1.29 bits per heavy atom. The molecule has 0 aliphatic carbocycles. The van der Waals surface area contributed by atoms with E-state index in [-0.39, 0.29) is 23.0 Å². The Kier molecular flexibility index (Phi) is 3.81. The highest BCUT2D eigenvalue weighted by atomic mass is 16.2. The van der Waals surface area contributed by atoms with E-state index in [0.29, 0.717) is 12.5 Å². The van der Waals surface area contributed by atoms with E-state index in [1.165, 1.54) is 0 Å². The van der Waals surface area contributed by atoms with Crippen LogP contribution in [0.5, 0.6) is 0 Å². The Morgan fingerprint density at radius 2 is 1.96 bits per heavy atom. The molecule has 3 rings (SSSR count). The average molecular weight is 328 g/mol. The van der Waals surface area contributed by atoms with Gasteiger partial charge in [-0.25, -0.2) is 14.5 Å². The van der Waals surface area contributed by atoms with E-state index in [9.17, 15) is 4.79 Å². The molecule has 3 heterocycles. The second kappa shape index (κ2) is 5.58. The number of rotatable bonds is 2. The second-order valence-corrected chi connectivity index (χ2v) is 7.91. The summed E-state index contributed by atoms with van der Waals surface area (Å²) < 4.78 is 1.74. The summed E-state index contributed by atoms with van der Waals surface area (Å²) in [6.45, 7) is 11.1. The van der Waals surface area contributed by atoms with Crippen LogP contribution in [0.1, 0.15) is 46.2 Å². The zero-order valence-corrected chi connectivity index (χ0v) is 14.8. The van der Waals surface area contributed by atoms with Crippen LogP contribution in [0, 0.1) is 5.41 Å². The lowest BCUT2D eigenvalue weighted by atomic mass is 9.72. The molecule has 1 aliphatic rings. The van der Waals surface area contributed by atoms with Gasteiger partial charge in [-0.1, -0.05) is 13.8 Å². The molecule has 0 saturated carbocycles. The molecule has 0 unspecified atom stereocenters. The van der Waals surface area contributed by atoms with Crippen molar-refractivity contribution in [3.05, 3.63) is 36.4 Å². The van der Waals surface area contributed by atoms with Gasteiger partial charge in [-0.05, 0) is 38.5 Å². The maximum Gasteiger partial charge on any atom is 0.324 e. The van der Waals surface area contributed by atoms with Crippen molar-refractivity contribution in [1.29, 1.82) is 0 Å². The van der Waals surface area contributed by atoms with Crippen LogP contribution in [-0.4, -0.2) is 37.2 Å². The third kappa shape index (κ3) is 2.98. The summed E-state index contributed by atoms with van der Waals surface area (Å²) in [6.07, 6.45) is 5.15. The van der Waals surface area contributed by atoms with Crippen LogP contribution >= 0.6 is 0 Å². The van der Waals surface area contributed by atoms with Crippen LogP contribution < -0.4 is 5.32 Å². The summed E-state index contributed by atoms with van der Waals surface area (Å²) in [4.78, 5) is 22.7. The van der Waals surface area contributed by atoms with Gasteiger partial charge in [0.1, 0.15) is 6.33 Å². The molecule has 0 bridgehead atoms. The summed E-state index contributed by atoms with van der Waals surface area (Å²) in [6, 6.07) is 3.75. The lowest BCUT2D eigenvalue weighted by molar-refractivity contribution is -0.0116. The van der Waals surface area contributed by atoms with Crippen molar-refractivity contribution >= 4 is 12.0 Å². The first-order valence-electron chi connectivity index (χ1n) is 8.08. The highest BCUT2D eigenvalue weighted by Gasteiger charge is 2.49. The van der Waals surface area contributed by atoms with Crippen LogP contribution in [0.4, 0.5) is 10.7 Å². The number of likely N-dealkylation sites (tertiary alicyclic amines) is 1. The molecule has 7 nitrogen and oxygen atoms in total. The predicted octanol–water partition coefficient (Wildman–Crippen LogP) is 3.04. The number of aromatic nitrogens is 4. The van der Waals surface area contributed by atoms with E-state index in [1.54, 1.807) is 23.4 Å². The number of pyridine rings is 1. The first-order chi connectivity index (χ1) is 11.2. The number of hydrogen-bond acceptors (Lipinski definition) is 4. The normalized spacial score (nSPS) is 19.7. The molecule has 1 N–H and O–H groups in total. The van der Waals surface area contributed by atoms with Gasteiger partial charge in [0, 0.05) is 24.4 Å². The molecule has 0 aromatic carbocycles. The number of anilines is 1. The van der Waals surface area contributed by atoms with E-state index in [2.05, 4.69) is 34.2 Å². The second-order valence-electron chi connectivity index (χ2n) is 7.91. The van der Waals surface area contributed by atoms with Gasteiger partial charge < -0.3 is 4.90 Å². The molecule has 2 amide bonds. The van der Waals surface area contributed by atoms with Crippen LogP contribution in [-0.2, 0) is 5.54 Å². The number of carbonyl (C=O) groups is 1. The van der Waals surface area contributed by atoms with Crippen LogP contribution in [0.15, 0.2) is 30.9 Å².